The summed E-state index contributed by atoms with van der Waals surface area (Å²) in [5.41, 5.74) is 0. The molecule has 0 aliphatic carbocycles. The highest BCUT2D eigenvalue weighted by molar-refractivity contribution is 5.71. The summed E-state index contributed by atoms with van der Waals surface area (Å²) < 4.78 is 16.8. The van der Waals surface area contributed by atoms with Gasteiger partial charge in [-0.15, -0.1) is 0 Å². The molecule has 0 radical (unpaired) electrons. The Kier molecular flexibility index (Phi) is 62.2. The summed E-state index contributed by atoms with van der Waals surface area (Å²) in [6, 6.07) is 0. The molecule has 76 heavy (non-hydrogen) atoms. The lowest BCUT2D eigenvalue weighted by molar-refractivity contribution is -0.167. The molecule has 0 N–H and O–H groups in total. The first kappa shape index (κ1) is 73.1. The average Bonchev–Trinajstić information content (AvgIpc) is 3.42. The number of rotatable bonds is 61. The number of ether oxygens (including phenoxy) is 3. The van der Waals surface area contributed by atoms with Gasteiger partial charge in [-0.05, 0) is 89.9 Å². The summed E-state index contributed by atoms with van der Waals surface area (Å²) in [7, 11) is 0. The van der Waals surface area contributed by atoms with Gasteiger partial charge in [0, 0.05) is 19.3 Å². The molecular weight excluding hydrogens is 937 g/mol. The van der Waals surface area contributed by atoms with Gasteiger partial charge < -0.3 is 14.2 Å². The summed E-state index contributed by atoms with van der Waals surface area (Å²) in [5, 5.41) is 0. The molecule has 0 saturated heterocycles. The third kappa shape index (κ3) is 62.0. The maximum Gasteiger partial charge on any atom is 0.306 e. The van der Waals surface area contributed by atoms with Gasteiger partial charge in [-0.3, -0.25) is 14.4 Å². The van der Waals surface area contributed by atoms with Crippen molar-refractivity contribution in [1.82, 2.24) is 0 Å². The Balaban J connectivity index is 3.97. The molecule has 0 aromatic carbocycles. The Morgan fingerprint density at radius 1 is 0.263 bits per heavy atom. The first-order valence-electron chi connectivity index (χ1n) is 33.3. The van der Waals surface area contributed by atoms with E-state index in [1.807, 2.05) is 0 Å². The van der Waals surface area contributed by atoms with E-state index in [4.69, 9.17) is 14.2 Å². The van der Waals surface area contributed by atoms with Gasteiger partial charge >= 0.3 is 17.9 Å². The van der Waals surface area contributed by atoms with Crippen LogP contribution in [-0.2, 0) is 28.6 Å². The first-order valence-corrected chi connectivity index (χ1v) is 33.3. The van der Waals surface area contributed by atoms with Crippen molar-refractivity contribution < 1.29 is 28.6 Å². The molecule has 0 bridgehead atoms. The Bertz CT molecular complexity index is 1360. The summed E-state index contributed by atoms with van der Waals surface area (Å²) >= 11 is 0. The summed E-state index contributed by atoms with van der Waals surface area (Å²) in [6.45, 7) is 6.57. The van der Waals surface area contributed by atoms with Crippen molar-refractivity contribution in [3.8, 4) is 0 Å². The van der Waals surface area contributed by atoms with Crippen molar-refractivity contribution in [2.75, 3.05) is 13.2 Å². The number of unbranched alkanes of at least 4 members (excludes halogenated alkanes) is 40. The number of esters is 3. The maximum atomic E-state index is 12.8. The minimum Gasteiger partial charge on any atom is -0.462 e. The highest BCUT2D eigenvalue weighted by atomic mass is 16.6. The van der Waals surface area contributed by atoms with E-state index in [1.165, 1.54) is 225 Å². The van der Waals surface area contributed by atoms with E-state index in [0.29, 0.717) is 19.3 Å². The standard InChI is InChI=1S/C70H126O6/c1-4-7-10-13-16-18-20-22-24-26-28-29-30-31-32-33-34-35-36-37-38-39-40-41-43-44-46-48-50-52-54-57-60-63-69(72)75-66-67(65-74-68(71)62-59-56-15-12-9-6-3)76-70(73)64-61-58-55-53-51-49-47-45-42-27-25-23-21-19-17-14-11-8-5-2/h17,19-20,22-23,25-26,28,42,45,67H,4-16,18,21,24,27,29-41,43-44,46-66H2,1-3H3/b19-17-,22-20-,25-23-,28-26-,45-42-. The smallest absolute Gasteiger partial charge is 0.306 e. The van der Waals surface area contributed by atoms with E-state index in [0.717, 1.165) is 83.5 Å². The van der Waals surface area contributed by atoms with Crippen LogP contribution in [0.1, 0.15) is 348 Å². The van der Waals surface area contributed by atoms with Crippen LogP contribution in [0, 0.1) is 0 Å². The fraction of sp³-hybridized carbons (Fsp3) is 0.814. The zero-order valence-electron chi connectivity index (χ0n) is 50.8. The highest BCUT2D eigenvalue weighted by Crippen LogP contribution is 2.17. The second-order valence-corrected chi connectivity index (χ2v) is 22.4. The highest BCUT2D eigenvalue weighted by Gasteiger charge is 2.19. The molecule has 0 amide bonds. The Hall–Kier alpha value is -2.89. The molecule has 0 aromatic rings. The molecule has 0 rings (SSSR count). The minimum absolute atomic E-state index is 0.0760. The third-order valence-electron chi connectivity index (χ3n) is 14.7. The number of hydrogen-bond donors (Lipinski definition) is 0. The van der Waals surface area contributed by atoms with Crippen LogP contribution >= 0.6 is 0 Å². The molecule has 0 heterocycles. The Morgan fingerprint density at radius 3 is 0.763 bits per heavy atom. The first-order chi connectivity index (χ1) is 37.5. The summed E-state index contributed by atoms with van der Waals surface area (Å²) in [5.74, 6) is -0.883. The van der Waals surface area contributed by atoms with E-state index in [-0.39, 0.29) is 31.1 Å². The molecule has 0 saturated carbocycles. The lowest BCUT2D eigenvalue weighted by Crippen LogP contribution is -2.30. The van der Waals surface area contributed by atoms with Crippen LogP contribution in [0.4, 0.5) is 0 Å². The average molecular weight is 1060 g/mol. The largest absolute Gasteiger partial charge is 0.462 e. The van der Waals surface area contributed by atoms with E-state index in [1.54, 1.807) is 0 Å². The molecule has 0 aromatic heterocycles. The number of carbonyl (C=O) groups is 3. The quantitative estimate of drug-likeness (QED) is 0.0261. The molecule has 1 atom stereocenters. The minimum atomic E-state index is -0.777. The van der Waals surface area contributed by atoms with E-state index >= 15 is 0 Å². The van der Waals surface area contributed by atoms with E-state index < -0.39 is 6.10 Å². The summed E-state index contributed by atoms with van der Waals surface area (Å²) in [4.78, 5) is 38.0. The van der Waals surface area contributed by atoms with Crippen LogP contribution in [0.3, 0.4) is 0 Å². The van der Waals surface area contributed by atoms with Crippen molar-refractivity contribution in [2.24, 2.45) is 0 Å². The Morgan fingerprint density at radius 2 is 0.474 bits per heavy atom. The van der Waals surface area contributed by atoms with Gasteiger partial charge in [0.2, 0.25) is 0 Å². The summed E-state index contributed by atoms with van der Waals surface area (Å²) in [6.07, 6.45) is 82.8. The molecule has 0 spiro atoms. The fourth-order valence-corrected chi connectivity index (χ4v) is 9.72. The van der Waals surface area contributed by atoms with Crippen molar-refractivity contribution in [1.29, 1.82) is 0 Å². The third-order valence-corrected chi connectivity index (χ3v) is 14.7. The molecule has 1 unspecified atom stereocenters. The van der Waals surface area contributed by atoms with Crippen LogP contribution < -0.4 is 0 Å². The number of carbonyl (C=O) groups excluding carboxylic acids is 3. The number of hydrogen-bond acceptors (Lipinski definition) is 6. The molecule has 0 fully saturated rings. The predicted molar refractivity (Wildman–Crippen MR) is 330 cm³/mol. The number of allylic oxidation sites excluding steroid dienone is 10. The van der Waals surface area contributed by atoms with Crippen molar-refractivity contribution >= 4 is 17.9 Å². The SMILES string of the molecule is CCCCC/C=C\C/C=C\C/C=C\CCCCCCCCC(=O)OC(COC(=O)CCCCCCCC)COC(=O)CCCCCCCCCCCCCCCCCCCCCCC/C=C\C/C=C\CCCCCCC. The van der Waals surface area contributed by atoms with Gasteiger partial charge in [0.05, 0.1) is 0 Å². The van der Waals surface area contributed by atoms with Gasteiger partial charge in [-0.25, -0.2) is 0 Å². The van der Waals surface area contributed by atoms with E-state index in [2.05, 4.69) is 81.5 Å². The van der Waals surface area contributed by atoms with Gasteiger partial charge in [-0.2, -0.15) is 0 Å². The van der Waals surface area contributed by atoms with E-state index in [9.17, 15) is 14.4 Å². The van der Waals surface area contributed by atoms with Crippen LogP contribution in [0.5, 0.6) is 0 Å². The normalized spacial score (nSPS) is 12.4. The Labute approximate surface area is 472 Å². The zero-order chi connectivity index (χ0) is 55.0. The van der Waals surface area contributed by atoms with Crippen LogP contribution in [0.2, 0.25) is 0 Å². The fourth-order valence-electron chi connectivity index (χ4n) is 9.72. The van der Waals surface area contributed by atoms with Crippen molar-refractivity contribution in [3.63, 3.8) is 0 Å². The van der Waals surface area contributed by atoms with Gasteiger partial charge in [-0.1, -0.05) is 300 Å². The second kappa shape index (κ2) is 64.6. The maximum absolute atomic E-state index is 12.8. The molecule has 442 valence electrons. The molecule has 0 aliphatic rings. The van der Waals surface area contributed by atoms with Gasteiger partial charge in [0.25, 0.3) is 0 Å². The lowest BCUT2D eigenvalue weighted by Gasteiger charge is -2.18. The molecule has 6 heteroatoms. The molecule has 6 nitrogen and oxygen atoms in total. The molecular formula is C70H126O6. The zero-order valence-corrected chi connectivity index (χ0v) is 50.8. The van der Waals surface area contributed by atoms with Gasteiger partial charge in [0.15, 0.2) is 6.10 Å². The van der Waals surface area contributed by atoms with Gasteiger partial charge in [0.1, 0.15) is 13.2 Å². The second-order valence-electron chi connectivity index (χ2n) is 22.4. The predicted octanol–water partition coefficient (Wildman–Crippen LogP) is 22.7. The van der Waals surface area contributed by atoms with Crippen LogP contribution in [0.15, 0.2) is 60.8 Å². The molecule has 0 aliphatic heterocycles. The van der Waals surface area contributed by atoms with Crippen molar-refractivity contribution in [3.05, 3.63) is 60.8 Å². The van der Waals surface area contributed by atoms with Crippen LogP contribution in [-0.4, -0.2) is 37.2 Å². The van der Waals surface area contributed by atoms with Crippen molar-refractivity contribution in [2.45, 2.75) is 354 Å². The monoisotopic (exact) mass is 1060 g/mol. The van der Waals surface area contributed by atoms with Crippen LogP contribution in [0.25, 0.3) is 0 Å². The lowest BCUT2D eigenvalue weighted by atomic mass is 10.0. The topological polar surface area (TPSA) is 78.9 Å².